The number of aromatic nitrogens is 4. The Hall–Kier alpha value is -2.01. The SMILES string of the molecule is CCOc1nc(N)nc2c1nc(C)n2[C@@H]1O[C@](C)(C(C)(C)OC)[C@@](C)(OC)[C@@H]1O. The number of hydrogen-bond acceptors (Lipinski definition) is 9. The van der Waals surface area contributed by atoms with E-state index in [0.717, 1.165) is 0 Å². The first-order valence-corrected chi connectivity index (χ1v) is 9.58. The van der Waals surface area contributed by atoms with E-state index >= 15 is 0 Å². The summed E-state index contributed by atoms with van der Waals surface area (Å²) in [5, 5.41) is 11.3. The van der Waals surface area contributed by atoms with Gasteiger partial charge in [-0.2, -0.15) is 9.97 Å². The first kappa shape index (κ1) is 21.7. The van der Waals surface area contributed by atoms with E-state index in [2.05, 4.69) is 15.0 Å². The van der Waals surface area contributed by atoms with Gasteiger partial charge >= 0.3 is 0 Å². The van der Waals surface area contributed by atoms with Crippen LogP contribution in [0.5, 0.6) is 5.88 Å². The topological polar surface area (TPSA) is 127 Å². The third-order valence-corrected chi connectivity index (χ3v) is 6.46. The Labute approximate surface area is 170 Å². The van der Waals surface area contributed by atoms with Crippen LogP contribution in [0, 0.1) is 6.92 Å². The van der Waals surface area contributed by atoms with Crippen LogP contribution in [0.15, 0.2) is 0 Å². The number of aliphatic hydroxyl groups is 1. The van der Waals surface area contributed by atoms with E-state index in [1.54, 1.807) is 25.7 Å². The minimum absolute atomic E-state index is 0.0454. The van der Waals surface area contributed by atoms with Crippen molar-refractivity contribution in [1.29, 1.82) is 0 Å². The fraction of sp³-hybridized carbons (Fsp3) is 0.737. The molecule has 0 radical (unpaired) electrons. The highest BCUT2D eigenvalue weighted by Crippen LogP contribution is 2.53. The predicted molar refractivity (Wildman–Crippen MR) is 107 cm³/mol. The number of rotatable bonds is 6. The van der Waals surface area contributed by atoms with Crippen LogP contribution in [0.1, 0.15) is 46.7 Å². The molecule has 1 aliphatic heterocycles. The molecule has 3 N–H and O–H groups in total. The molecule has 2 aromatic heterocycles. The van der Waals surface area contributed by atoms with Crippen LogP contribution in [-0.4, -0.2) is 68.4 Å². The number of aryl methyl sites for hydroxylation is 1. The predicted octanol–water partition coefficient (Wildman–Crippen LogP) is 1.59. The molecule has 29 heavy (non-hydrogen) atoms. The molecule has 0 aliphatic carbocycles. The van der Waals surface area contributed by atoms with Crippen molar-refractivity contribution in [2.24, 2.45) is 0 Å². The highest BCUT2D eigenvalue weighted by Gasteiger charge is 2.68. The van der Waals surface area contributed by atoms with Crippen molar-refractivity contribution >= 4 is 17.1 Å². The Morgan fingerprint density at radius 1 is 1.24 bits per heavy atom. The summed E-state index contributed by atoms with van der Waals surface area (Å²) in [6, 6.07) is 0. The molecule has 10 nitrogen and oxygen atoms in total. The Morgan fingerprint density at radius 3 is 2.45 bits per heavy atom. The summed E-state index contributed by atoms with van der Waals surface area (Å²) in [6.45, 7) is 11.5. The lowest BCUT2D eigenvalue weighted by atomic mass is 9.73. The maximum absolute atomic E-state index is 11.3. The molecule has 1 fully saturated rings. The summed E-state index contributed by atoms with van der Waals surface area (Å²) in [4.78, 5) is 13.0. The summed E-state index contributed by atoms with van der Waals surface area (Å²) < 4.78 is 25.3. The minimum Gasteiger partial charge on any atom is -0.476 e. The van der Waals surface area contributed by atoms with Crippen molar-refractivity contribution in [1.82, 2.24) is 19.5 Å². The second-order valence-corrected chi connectivity index (χ2v) is 8.03. The van der Waals surface area contributed by atoms with Crippen molar-refractivity contribution in [3.63, 3.8) is 0 Å². The van der Waals surface area contributed by atoms with E-state index in [0.29, 0.717) is 29.5 Å². The van der Waals surface area contributed by atoms with E-state index in [1.165, 1.54) is 0 Å². The van der Waals surface area contributed by atoms with Gasteiger partial charge in [0.25, 0.3) is 0 Å². The van der Waals surface area contributed by atoms with Gasteiger partial charge in [-0.15, -0.1) is 0 Å². The number of hydrogen-bond donors (Lipinski definition) is 2. The maximum Gasteiger partial charge on any atom is 0.247 e. The number of ether oxygens (including phenoxy) is 4. The van der Waals surface area contributed by atoms with E-state index in [4.69, 9.17) is 24.7 Å². The molecule has 0 spiro atoms. The van der Waals surface area contributed by atoms with Gasteiger partial charge in [0.05, 0.1) is 12.2 Å². The molecule has 0 aromatic carbocycles. The zero-order valence-electron chi connectivity index (χ0n) is 18.3. The lowest BCUT2D eigenvalue weighted by Gasteiger charge is -2.48. The molecule has 0 unspecified atom stereocenters. The number of fused-ring (bicyclic) bond motifs is 1. The van der Waals surface area contributed by atoms with Crippen LogP contribution in [-0.2, 0) is 14.2 Å². The van der Waals surface area contributed by atoms with E-state index < -0.39 is 29.1 Å². The molecule has 162 valence electrons. The van der Waals surface area contributed by atoms with Gasteiger partial charge in [0, 0.05) is 14.2 Å². The van der Waals surface area contributed by atoms with Crippen LogP contribution in [0.2, 0.25) is 0 Å². The molecule has 0 saturated carbocycles. The quantitative estimate of drug-likeness (QED) is 0.731. The van der Waals surface area contributed by atoms with E-state index in [-0.39, 0.29) is 5.95 Å². The minimum atomic E-state index is -1.08. The zero-order chi connectivity index (χ0) is 21.8. The monoisotopic (exact) mass is 409 g/mol. The molecule has 3 heterocycles. The number of methoxy groups -OCH3 is 2. The molecule has 10 heteroatoms. The fourth-order valence-electron chi connectivity index (χ4n) is 4.04. The van der Waals surface area contributed by atoms with Gasteiger partial charge in [0.1, 0.15) is 23.1 Å². The van der Waals surface area contributed by atoms with Crippen molar-refractivity contribution in [3.05, 3.63) is 5.82 Å². The maximum atomic E-state index is 11.3. The Morgan fingerprint density at radius 2 is 1.90 bits per heavy atom. The van der Waals surface area contributed by atoms with Gasteiger partial charge in [0.15, 0.2) is 17.4 Å². The Bertz CT molecular complexity index is 916. The Kier molecular flexibility index (Phi) is 5.27. The van der Waals surface area contributed by atoms with Gasteiger partial charge in [-0.1, -0.05) is 0 Å². The van der Waals surface area contributed by atoms with Crippen molar-refractivity contribution in [2.75, 3.05) is 26.6 Å². The molecule has 0 bridgehead atoms. The molecule has 1 saturated heterocycles. The van der Waals surface area contributed by atoms with E-state index in [9.17, 15) is 5.11 Å². The van der Waals surface area contributed by atoms with Gasteiger partial charge in [-0.25, -0.2) is 4.98 Å². The number of nitrogen functional groups attached to an aromatic ring is 1. The first-order valence-electron chi connectivity index (χ1n) is 9.58. The summed E-state index contributed by atoms with van der Waals surface area (Å²) in [7, 11) is 3.15. The highest BCUT2D eigenvalue weighted by atomic mass is 16.6. The summed E-state index contributed by atoms with van der Waals surface area (Å²) in [5.74, 6) is 0.908. The second-order valence-electron chi connectivity index (χ2n) is 8.03. The van der Waals surface area contributed by atoms with E-state index in [1.807, 2.05) is 34.6 Å². The van der Waals surface area contributed by atoms with Crippen molar-refractivity contribution < 1.29 is 24.1 Å². The van der Waals surface area contributed by atoms with Gasteiger partial charge in [-0.05, 0) is 41.5 Å². The first-order chi connectivity index (χ1) is 13.5. The third-order valence-electron chi connectivity index (χ3n) is 6.46. The number of nitrogens with zero attached hydrogens (tertiary/aromatic N) is 4. The average molecular weight is 409 g/mol. The summed E-state index contributed by atoms with van der Waals surface area (Å²) in [5.41, 5.74) is 3.91. The zero-order valence-corrected chi connectivity index (χ0v) is 18.3. The molecular weight excluding hydrogens is 378 g/mol. The smallest absolute Gasteiger partial charge is 0.247 e. The van der Waals surface area contributed by atoms with Gasteiger partial charge < -0.3 is 29.8 Å². The molecule has 3 rings (SSSR count). The van der Waals surface area contributed by atoms with Gasteiger partial charge in [0.2, 0.25) is 11.8 Å². The third kappa shape index (κ3) is 2.89. The number of aliphatic hydroxyl groups excluding tert-OH is 1. The molecule has 0 amide bonds. The van der Waals surface area contributed by atoms with Crippen LogP contribution >= 0.6 is 0 Å². The number of anilines is 1. The standard InChI is InChI=1S/C19H31N5O5/c1-9-28-14-11-13(22-16(20)23-14)24(10(2)21-11)15-12(25)18(5,27-8)19(6,29-15)17(3,4)26-7/h12,15,25H,9H2,1-8H3,(H2,20,22,23)/t12-,15-,18+,19-/m1/s1. The summed E-state index contributed by atoms with van der Waals surface area (Å²) in [6.07, 6.45) is -1.89. The van der Waals surface area contributed by atoms with Crippen LogP contribution < -0.4 is 10.5 Å². The van der Waals surface area contributed by atoms with Crippen molar-refractivity contribution in [3.8, 4) is 5.88 Å². The van der Waals surface area contributed by atoms with Crippen molar-refractivity contribution in [2.45, 2.75) is 70.7 Å². The normalized spacial score (nSPS) is 30.2. The second kappa shape index (κ2) is 7.05. The number of nitrogens with two attached hydrogens (primary N) is 1. The number of imidazole rings is 1. The molecule has 4 atom stereocenters. The van der Waals surface area contributed by atoms with Crippen LogP contribution in [0.4, 0.5) is 5.95 Å². The van der Waals surface area contributed by atoms with Gasteiger partial charge in [-0.3, -0.25) is 4.57 Å². The Balaban J connectivity index is 2.22. The average Bonchev–Trinajstić information content (AvgIpc) is 3.09. The molecular formula is C19H31N5O5. The lowest BCUT2D eigenvalue weighted by molar-refractivity contribution is -0.234. The fourth-order valence-corrected chi connectivity index (χ4v) is 4.04. The lowest BCUT2D eigenvalue weighted by Crippen LogP contribution is -2.64. The highest BCUT2D eigenvalue weighted by molar-refractivity contribution is 5.78. The molecule has 1 aliphatic rings. The largest absolute Gasteiger partial charge is 0.476 e. The summed E-state index contributed by atoms with van der Waals surface area (Å²) >= 11 is 0. The van der Waals surface area contributed by atoms with Crippen LogP contribution in [0.3, 0.4) is 0 Å². The molecule has 2 aromatic rings. The van der Waals surface area contributed by atoms with Crippen LogP contribution in [0.25, 0.3) is 11.2 Å².